The van der Waals surface area contributed by atoms with Gasteiger partial charge in [-0.1, -0.05) is 32.0 Å². The van der Waals surface area contributed by atoms with E-state index in [1.807, 2.05) is 23.1 Å². The Morgan fingerprint density at radius 1 is 1.33 bits per heavy atom. The highest BCUT2D eigenvalue weighted by Gasteiger charge is 2.21. The molecule has 1 aromatic rings. The summed E-state index contributed by atoms with van der Waals surface area (Å²) in [5, 5.41) is 9.45. The molecule has 2 rings (SSSR count). The Hall–Kier alpha value is -1.55. The van der Waals surface area contributed by atoms with Gasteiger partial charge in [0.25, 0.3) is 0 Å². The van der Waals surface area contributed by atoms with Gasteiger partial charge in [-0.15, -0.1) is 0 Å². The molecule has 1 heterocycles. The first kappa shape index (κ1) is 15.8. The lowest BCUT2D eigenvalue weighted by atomic mass is 10.0. The largest absolute Gasteiger partial charge is 0.493 e. The molecule has 0 saturated carbocycles. The zero-order valence-corrected chi connectivity index (χ0v) is 12.9. The van der Waals surface area contributed by atoms with E-state index in [2.05, 4.69) is 19.9 Å². The van der Waals surface area contributed by atoms with Crippen LogP contribution >= 0.6 is 0 Å². The molecule has 1 saturated heterocycles. The van der Waals surface area contributed by atoms with Gasteiger partial charge in [0.2, 0.25) is 5.91 Å². The number of ether oxygens (including phenoxy) is 1. The predicted octanol–water partition coefficient (Wildman–Crippen LogP) is 2.56. The summed E-state index contributed by atoms with van der Waals surface area (Å²) in [6.07, 6.45) is 1.51. The van der Waals surface area contributed by atoms with Gasteiger partial charge in [-0.3, -0.25) is 4.79 Å². The second kappa shape index (κ2) is 7.46. The molecule has 4 nitrogen and oxygen atoms in total. The van der Waals surface area contributed by atoms with Gasteiger partial charge in [0.05, 0.1) is 19.1 Å². The van der Waals surface area contributed by atoms with E-state index in [1.54, 1.807) is 0 Å². The number of benzene rings is 1. The van der Waals surface area contributed by atoms with E-state index in [1.165, 1.54) is 5.56 Å². The first-order valence-corrected chi connectivity index (χ1v) is 7.75. The summed E-state index contributed by atoms with van der Waals surface area (Å²) in [7, 11) is 0. The van der Waals surface area contributed by atoms with Crippen molar-refractivity contribution in [2.24, 2.45) is 0 Å². The third-order valence-corrected chi connectivity index (χ3v) is 3.93. The molecule has 4 heteroatoms. The number of amides is 1. The summed E-state index contributed by atoms with van der Waals surface area (Å²) >= 11 is 0. The first-order chi connectivity index (χ1) is 10.1. The lowest BCUT2D eigenvalue weighted by Gasteiger charge is -2.29. The summed E-state index contributed by atoms with van der Waals surface area (Å²) in [5.74, 6) is 1.39. The number of carbonyl (C=O) groups excluding carboxylic acids is 1. The number of nitrogens with zero attached hydrogens (tertiary/aromatic N) is 1. The van der Waals surface area contributed by atoms with Crippen LogP contribution in [0.5, 0.6) is 5.75 Å². The fourth-order valence-electron chi connectivity index (χ4n) is 2.61. The molecule has 0 aromatic heterocycles. The zero-order valence-electron chi connectivity index (χ0n) is 12.9. The SMILES string of the molecule is CC(C)c1ccccc1OCCC(=O)N1CCC(O)CC1. The van der Waals surface area contributed by atoms with E-state index in [9.17, 15) is 9.90 Å². The van der Waals surface area contributed by atoms with Crippen molar-refractivity contribution in [3.05, 3.63) is 29.8 Å². The molecule has 116 valence electrons. The van der Waals surface area contributed by atoms with E-state index < -0.39 is 0 Å². The van der Waals surface area contributed by atoms with Crippen molar-refractivity contribution < 1.29 is 14.6 Å². The van der Waals surface area contributed by atoms with Crippen LogP contribution < -0.4 is 4.74 Å². The average Bonchev–Trinajstić information content (AvgIpc) is 2.48. The summed E-state index contributed by atoms with van der Waals surface area (Å²) in [4.78, 5) is 13.9. The summed E-state index contributed by atoms with van der Waals surface area (Å²) in [6.45, 7) is 5.98. The number of carbonyl (C=O) groups is 1. The van der Waals surface area contributed by atoms with Crippen molar-refractivity contribution in [2.75, 3.05) is 19.7 Å². The molecule has 0 aliphatic carbocycles. The van der Waals surface area contributed by atoms with Crippen molar-refractivity contribution >= 4 is 5.91 Å². The van der Waals surface area contributed by atoms with Crippen LogP contribution in [0.4, 0.5) is 0 Å². The van der Waals surface area contributed by atoms with Gasteiger partial charge < -0.3 is 14.7 Å². The van der Waals surface area contributed by atoms with Crippen LogP contribution in [0.15, 0.2) is 24.3 Å². The van der Waals surface area contributed by atoms with Crippen LogP contribution in [0, 0.1) is 0 Å². The van der Waals surface area contributed by atoms with Crippen molar-refractivity contribution in [2.45, 2.75) is 45.1 Å². The number of piperidine rings is 1. The highest BCUT2D eigenvalue weighted by Crippen LogP contribution is 2.25. The van der Waals surface area contributed by atoms with Crippen LogP contribution in [0.25, 0.3) is 0 Å². The predicted molar refractivity (Wildman–Crippen MR) is 82.5 cm³/mol. The molecule has 0 unspecified atom stereocenters. The Balaban J connectivity index is 1.80. The average molecular weight is 291 g/mol. The minimum absolute atomic E-state index is 0.115. The smallest absolute Gasteiger partial charge is 0.226 e. The van der Waals surface area contributed by atoms with Gasteiger partial charge in [0.1, 0.15) is 5.75 Å². The molecule has 0 radical (unpaired) electrons. The van der Waals surface area contributed by atoms with Gasteiger partial charge in [-0.05, 0) is 30.4 Å². The minimum Gasteiger partial charge on any atom is -0.493 e. The summed E-state index contributed by atoms with van der Waals surface area (Å²) < 4.78 is 5.78. The van der Waals surface area contributed by atoms with Crippen molar-refractivity contribution in [1.82, 2.24) is 4.90 Å². The maximum atomic E-state index is 12.1. The zero-order chi connectivity index (χ0) is 15.2. The molecule has 1 N–H and O–H groups in total. The number of hydrogen-bond donors (Lipinski definition) is 1. The van der Waals surface area contributed by atoms with Gasteiger partial charge in [-0.25, -0.2) is 0 Å². The third kappa shape index (κ3) is 4.46. The van der Waals surface area contributed by atoms with Crippen molar-refractivity contribution in [1.29, 1.82) is 0 Å². The van der Waals surface area contributed by atoms with Crippen molar-refractivity contribution in [3.8, 4) is 5.75 Å². The van der Waals surface area contributed by atoms with E-state index in [-0.39, 0.29) is 12.0 Å². The molecular formula is C17H25NO3. The van der Waals surface area contributed by atoms with Crippen LogP contribution in [0.1, 0.15) is 44.6 Å². The maximum Gasteiger partial charge on any atom is 0.226 e. The lowest BCUT2D eigenvalue weighted by Crippen LogP contribution is -2.40. The molecule has 1 aliphatic rings. The quantitative estimate of drug-likeness (QED) is 0.907. The Labute approximate surface area is 126 Å². The van der Waals surface area contributed by atoms with E-state index in [4.69, 9.17) is 4.74 Å². The lowest BCUT2D eigenvalue weighted by molar-refractivity contribution is -0.133. The third-order valence-electron chi connectivity index (χ3n) is 3.93. The fourth-order valence-corrected chi connectivity index (χ4v) is 2.61. The van der Waals surface area contributed by atoms with Crippen molar-refractivity contribution in [3.63, 3.8) is 0 Å². The molecule has 0 spiro atoms. The first-order valence-electron chi connectivity index (χ1n) is 7.75. The van der Waals surface area contributed by atoms with Crippen LogP contribution in [0.3, 0.4) is 0 Å². The minimum atomic E-state index is -0.247. The van der Waals surface area contributed by atoms with Gasteiger partial charge in [0, 0.05) is 13.1 Å². The Kier molecular flexibility index (Phi) is 5.62. The molecule has 0 bridgehead atoms. The number of aliphatic hydroxyl groups is 1. The molecule has 1 fully saturated rings. The molecule has 0 atom stereocenters. The second-order valence-corrected chi connectivity index (χ2v) is 5.90. The molecule has 1 aromatic carbocycles. The van der Waals surface area contributed by atoms with Crippen LogP contribution in [-0.4, -0.2) is 41.7 Å². The van der Waals surface area contributed by atoms with E-state index in [0.717, 1.165) is 5.75 Å². The maximum absolute atomic E-state index is 12.1. The number of para-hydroxylation sites is 1. The van der Waals surface area contributed by atoms with Gasteiger partial charge in [-0.2, -0.15) is 0 Å². The van der Waals surface area contributed by atoms with Gasteiger partial charge in [0.15, 0.2) is 0 Å². The fraction of sp³-hybridized carbons (Fsp3) is 0.588. The standard InChI is InChI=1S/C17H25NO3/c1-13(2)15-5-3-4-6-16(15)21-12-9-17(20)18-10-7-14(19)8-11-18/h3-6,13-14,19H,7-12H2,1-2H3. The molecule has 21 heavy (non-hydrogen) atoms. The van der Waals surface area contributed by atoms with E-state index in [0.29, 0.717) is 44.9 Å². The highest BCUT2D eigenvalue weighted by molar-refractivity contribution is 5.76. The monoisotopic (exact) mass is 291 g/mol. The Morgan fingerprint density at radius 2 is 2.00 bits per heavy atom. The number of rotatable bonds is 5. The number of likely N-dealkylation sites (tertiary alicyclic amines) is 1. The Morgan fingerprint density at radius 3 is 2.67 bits per heavy atom. The molecular weight excluding hydrogens is 266 g/mol. The topological polar surface area (TPSA) is 49.8 Å². The number of aliphatic hydroxyl groups excluding tert-OH is 1. The van der Waals surface area contributed by atoms with E-state index >= 15 is 0 Å². The normalized spacial score (nSPS) is 16.3. The highest BCUT2D eigenvalue weighted by atomic mass is 16.5. The van der Waals surface area contributed by atoms with Crippen LogP contribution in [-0.2, 0) is 4.79 Å². The Bertz CT molecular complexity index is 465. The summed E-state index contributed by atoms with van der Waals surface area (Å²) in [6, 6.07) is 7.98. The van der Waals surface area contributed by atoms with Crippen LogP contribution in [0.2, 0.25) is 0 Å². The second-order valence-electron chi connectivity index (χ2n) is 5.90. The van der Waals surface area contributed by atoms with Gasteiger partial charge >= 0.3 is 0 Å². The molecule has 1 amide bonds. The number of hydrogen-bond acceptors (Lipinski definition) is 3. The summed E-state index contributed by atoms with van der Waals surface area (Å²) in [5.41, 5.74) is 1.17. The molecule has 1 aliphatic heterocycles.